The summed E-state index contributed by atoms with van der Waals surface area (Å²) in [4.78, 5) is 87.9. The summed E-state index contributed by atoms with van der Waals surface area (Å²) in [7, 11) is -13.8. The Morgan fingerprint density at radius 1 is 0.263 bits per heavy atom. The summed E-state index contributed by atoms with van der Waals surface area (Å²) in [6.45, 7) is 0. The van der Waals surface area contributed by atoms with Crippen LogP contribution in [0.1, 0.15) is 0 Å². The normalized spacial score (nSPS) is 9.47. The van der Waals surface area contributed by atoms with E-state index in [-0.39, 0.29) is 160 Å². The van der Waals surface area contributed by atoms with Gasteiger partial charge >= 0.3 is 27.1 Å². The molecule has 0 aliphatic carbocycles. The molecule has 0 unspecified atom stereocenters. The molecule has 0 spiro atoms. The Morgan fingerprint density at radius 3 is 0.263 bits per heavy atom. The minimum absolute atomic E-state index is 0. The molecule has 0 aromatic carbocycles. The van der Waals surface area contributed by atoms with Gasteiger partial charge in [0.15, 0.2) is 0 Å². The molecule has 0 aromatic heterocycles. The Labute approximate surface area is 238 Å². The Kier molecular flexibility index (Phi) is 50.0. The number of hydrogen-bond acceptors (Lipinski definition) is 12. The van der Waals surface area contributed by atoms with Gasteiger partial charge in [-0.1, -0.05) is 0 Å². The minimum atomic E-state index is -4.61. The molecule has 0 rings (SSSR count). The summed E-state index contributed by atoms with van der Waals surface area (Å²) in [6, 6.07) is 0. The van der Waals surface area contributed by atoms with Gasteiger partial charge < -0.3 is 57.5 Å². The first kappa shape index (κ1) is 44.2. The van der Waals surface area contributed by atoms with Crippen LogP contribution in [-0.4, -0.2) is 84.7 Å². The fourth-order valence-electron chi connectivity index (χ4n) is 0. The van der Waals surface area contributed by atoms with Crippen LogP contribution in [-0.2, 0) is 0 Å². The molecule has 0 bridgehead atoms. The van der Waals surface area contributed by atoms with Crippen LogP contribution in [0.2, 0.25) is 0 Å². The predicted molar refractivity (Wildman–Crippen MR) is 43.9 cm³/mol. The van der Waals surface area contributed by atoms with Gasteiger partial charge in [0.2, 0.25) is 0 Å². The summed E-state index contributed by atoms with van der Waals surface area (Å²) in [5, 5.41) is 0. The molecule has 19 heavy (non-hydrogen) atoms. The van der Waals surface area contributed by atoms with E-state index < -0.39 is 27.1 Å². The molecule has 0 fully saturated rings. The third kappa shape index (κ3) is 362. The van der Waals surface area contributed by atoms with E-state index in [0.29, 0.717) is 0 Å². The van der Waals surface area contributed by atoms with Gasteiger partial charge in [-0.05, 0) is 0 Å². The summed E-state index contributed by atoms with van der Waals surface area (Å²) in [5.74, 6) is 0. The second kappa shape index (κ2) is 21.5. The molecule has 12 N–H and O–H groups in total. The first-order valence-electron chi connectivity index (χ1n) is 2.68. The van der Waals surface area contributed by atoms with Gasteiger partial charge in [0.1, 0.15) is 0 Å². The van der Waals surface area contributed by atoms with E-state index in [0.717, 1.165) is 0 Å². The fraction of sp³-hybridized carbons (Fsp3) is 0. The second-order valence-electron chi connectivity index (χ2n) is 1.80. The first-order chi connectivity index (χ1) is 6.00. The zero-order valence-electron chi connectivity index (χ0n) is 8.28. The number of rotatable bonds is 0. The molecule has 128 valence electrons. The summed E-state index contributed by atoms with van der Waals surface area (Å²) in [5.41, 5.74) is 0. The van der Waals surface area contributed by atoms with Gasteiger partial charge in [-0.15, -0.1) is 0 Å². The van der Waals surface area contributed by atoms with E-state index >= 15 is 0 Å². The minimum Gasteiger partial charge on any atom is -0.368 e. The number of hydrogen-bond donors (Lipinski definition) is 12. The molecular formula is H12Gd4O12Si3. The summed E-state index contributed by atoms with van der Waals surface area (Å²) < 4.78 is 0. The van der Waals surface area contributed by atoms with Crippen molar-refractivity contribution in [1.82, 2.24) is 0 Å². The van der Waals surface area contributed by atoms with Crippen LogP contribution in [0.4, 0.5) is 0 Å². The van der Waals surface area contributed by atoms with Crippen LogP contribution in [0.25, 0.3) is 0 Å². The maximum Gasteiger partial charge on any atom is 0.668 e. The van der Waals surface area contributed by atoms with E-state index in [1.54, 1.807) is 0 Å². The molecule has 19 heteroatoms. The zero-order valence-corrected chi connectivity index (χ0v) is 20.4. The molecule has 0 atom stereocenters. The molecule has 0 aromatic rings. The predicted octanol–water partition coefficient (Wildman–Crippen LogP) is -7.83. The van der Waals surface area contributed by atoms with Gasteiger partial charge in [-0.25, -0.2) is 0 Å². The Bertz CT molecular complexity index is 100.0. The molecule has 0 amide bonds. The van der Waals surface area contributed by atoms with Crippen LogP contribution < -0.4 is 0 Å². The third-order valence-electron chi connectivity index (χ3n) is 0. The van der Waals surface area contributed by atoms with Crippen molar-refractivity contribution in [3.63, 3.8) is 0 Å². The van der Waals surface area contributed by atoms with Crippen molar-refractivity contribution in [2.24, 2.45) is 0 Å². The van der Waals surface area contributed by atoms with E-state index in [1.165, 1.54) is 0 Å². The van der Waals surface area contributed by atoms with Crippen LogP contribution in [0.3, 0.4) is 0 Å². The molecule has 0 radical (unpaired) electrons. The zero-order chi connectivity index (χ0) is 13.5. The van der Waals surface area contributed by atoms with Crippen LogP contribution in [0.15, 0.2) is 0 Å². The van der Waals surface area contributed by atoms with Gasteiger partial charge in [0, 0.05) is 160 Å². The molecule has 0 aliphatic heterocycles. The Hall–Kier alpha value is 5.47. The van der Waals surface area contributed by atoms with Gasteiger partial charge in [-0.2, -0.15) is 0 Å². The van der Waals surface area contributed by atoms with E-state index in [2.05, 4.69) is 0 Å². The van der Waals surface area contributed by atoms with Crippen LogP contribution in [0.5, 0.6) is 0 Å². The standard InChI is InChI=1S/4Gd.3H4O4Si/c;;;;3*1-5(2,3)4/h;;;;3*1-4H. The largest absolute Gasteiger partial charge is 0.668 e. The van der Waals surface area contributed by atoms with Crippen molar-refractivity contribution in [2.75, 3.05) is 0 Å². The molecule has 12 nitrogen and oxygen atoms in total. The summed E-state index contributed by atoms with van der Waals surface area (Å²) >= 11 is 0. The van der Waals surface area contributed by atoms with Crippen molar-refractivity contribution in [3.05, 3.63) is 0 Å². The monoisotopic (exact) mass is 920 g/mol. The first-order valence-corrected chi connectivity index (χ1v) is 8.05. The average molecular weight is 917 g/mol. The van der Waals surface area contributed by atoms with Gasteiger partial charge in [-0.3, -0.25) is 0 Å². The smallest absolute Gasteiger partial charge is 0.368 e. The molecular weight excluding hydrogens is 905 g/mol. The van der Waals surface area contributed by atoms with E-state index in [9.17, 15) is 0 Å². The fourth-order valence-corrected chi connectivity index (χ4v) is 0. The third-order valence-corrected chi connectivity index (χ3v) is 0. The van der Waals surface area contributed by atoms with Crippen molar-refractivity contribution in [3.8, 4) is 0 Å². The second-order valence-corrected chi connectivity index (χ2v) is 5.40. The average Bonchev–Trinajstić information content (AvgIpc) is 1.41. The SMILES string of the molecule is O[Si](O)(O)O.O[Si](O)(O)O.O[Si](O)(O)O.[Gd].[Gd].[Gd].[Gd]. The van der Waals surface area contributed by atoms with Gasteiger partial charge in [0.25, 0.3) is 0 Å². The Balaban J connectivity index is -0.0000000206. The molecule has 0 saturated heterocycles. The van der Waals surface area contributed by atoms with E-state index in [1.807, 2.05) is 0 Å². The Morgan fingerprint density at radius 2 is 0.263 bits per heavy atom. The van der Waals surface area contributed by atoms with Crippen LogP contribution >= 0.6 is 0 Å². The molecule has 0 aliphatic rings. The van der Waals surface area contributed by atoms with Crippen molar-refractivity contribution in [1.29, 1.82) is 0 Å². The molecule has 0 heterocycles. The van der Waals surface area contributed by atoms with Crippen molar-refractivity contribution < 1.29 is 217 Å². The summed E-state index contributed by atoms with van der Waals surface area (Å²) in [6.07, 6.45) is 0. The quantitative estimate of drug-likeness (QED) is 0.102. The van der Waals surface area contributed by atoms with E-state index in [4.69, 9.17) is 57.5 Å². The van der Waals surface area contributed by atoms with Crippen molar-refractivity contribution >= 4 is 27.1 Å². The molecule has 0 saturated carbocycles. The van der Waals surface area contributed by atoms with Crippen LogP contribution in [0, 0.1) is 160 Å². The topological polar surface area (TPSA) is 243 Å². The van der Waals surface area contributed by atoms with Crippen molar-refractivity contribution in [2.45, 2.75) is 0 Å². The van der Waals surface area contributed by atoms with Gasteiger partial charge in [0.05, 0.1) is 0 Å². The maximum atomic E-state index is 7.33. The maximum absolute atomic E-state index is 7.33.